The zero-order valence-electron chi connectivity index (χ0n) is 12.6. The Hall–Kier alpha value is -2.10. The second-order valence-corrected chi connectivity index (χ2v) is 6.28. The first-order valence-electron chi connectivity index (χ1n) is 7.92. The summed E-state index contributed by atoms with van der Waals surface area (Å²) in [5, 5.41) is 9.37. The molecule has 1 saturated carbocycles. The molecule has 1 aromatic carbocycles. The van der Waals surface area contributed by atoms with E-state index in [0.29, 0.717) is 12.0 Å². The highest BCUT2D eigenvalue weighted by atomic mass is 16.4. The number of benzene rings is 1. The molecular formula is C18H21NO3. The van der Waals surface area contributed by atoms with E-state index in [-0.39, 0.29) is 17.9 Å². The third-order valence-corrected chi connectivity index (χ3v) is 4.79. The van der Waals surface area contributed by atoms with Crippen LogP contribution < -0.4 is 0 Å². The average Bonchev–Trinajstić information content (AvgIpc) is 2.56. The van der Waals surface area contributed by atoms with E-state index in [1.807, 2.05) is 35.2 Å². The molecule has 0 spiro atoms. The van der Waals surface area contributed by atoms with Gasteiger partial charge in [-0.2, -0.15) is 0 Å². The Bertz CT molecular complexity index is 586. The molecule has 0 atom stereocenters. The summed E-state index contributed by atoms with van der Waals surface area (Å²) in [6.07, 6.45) is 6.14. The van der Waals surface area contributed by atoms with Crippen LogP contribution in [0.5, 0.6) is 0 Å². The summed E-state index contributed by atoms with van der Waals surface area (Å²) in [5.74, 6) is -0.446. The van der Waals surface area contributed by atoms with E-state index in [0.717, 1.165) is 24.9 Å². The third kappa shape index (κ3) is 3.21. The van der Waals surface area contributed by atoms with Crippen molar-refractivity contribution in [1.29, 1.82) is 0 Å². The second kappa shape index (κ2) is 6.34. The fourth-order valence-corrected chi connectivity index (χ4v) is 3.58. The molecule has 0 radical (unpaired) electrons. The van der Waals surface area contributed by atoms with Gasteiger partial charge in [-0.15, -0.1) is 0 Å². The quantitative estimate of drug-likeness (QED) is 0.870. The molecule has 0 aromatic heterocycles. The van der Waals surface area contributed by atoms with Gasteiger partial charge in [0.2, 0.25) is 5.91 Å². The highest BCUT2D eigenvalue weighted by Gasteiger charge is 2.36. The van der Waals surface area contributed by atoms with Crippen molar-refractivity contribution in [3.63, 3.8) is 0 Å². The first kappa shape index (κ1) is 14.8. The molecule has 2 saturated heterocycles. The van der Waals surface area contributed by atoms with Crippen molar-refractivity contribution in [2.75, 3.05) is 6.54 Å². The Morgan fingerprint density at radius 3 is 2.36 bits per heavy atom. The first-order valence-corrected chi connectivity index (χ1v) is 7.92. The van der Waals surface area contributed by atoms with E-state index < -0.39 is 5.97 Å². The minimum Gasteiger partial charge on any atom is -0.478 e. The van der Waals surface area contributed by atoms with Gasteiger partial charge in [-0.1, -0.05) is 30.3 Å². The van der Waals surface area contributed by atoms with Crippen LogP contribution >= 0.6 is 0 Å². The average molecular weight is 299 g/mol. The molecule has 1 aromatic rings. The number of carboxylic acids is 1. The monoisotopic (exact) mass is 299 g/mol. The molecule has 3 aliphatic rings. The summed E-state index contributed by atoms with van der Waals surface area (Å²) in [4.78, 5) is 25.9. The van der Waals surface area contributed by atoms with Crippen molar-refractivity contribution >= 4 is 18.0 Å². The zero-order valence-corrected chi connectivity index (χ0v) is 12.6. The third-order valence-electron chi connectivity index (χ3n) is 4.79. The van der Waals surface area contributed by atoms with E-state index in [4.69, 9.17) is 0 Å². The molecule has 2 bridgehead atoms. The molecular weight excluding hydrogens is 278 g/mol. The van der Waals surface area contributed by atoms with Gasteiger partial charge in [0, 0.05) is 18.2 Å². The summed E-state index contributed by atoms with van der Waals surface area (Å²) in [5.41, 5.74) is 0.977. The lowest BCUT2D eigenvalue weighted by molar-refractivity contribution is -0.140. The number of carbonyl (C=O) groups is 2. The molecule has 2 heterocycles. The predicted molar refractivity (Wildman–Crippen MR) is 84.1 cm³/mol. The number of hydrogen-bond acceptors (Lipinski definition) is 2. The maximum atomic E-state index is 12.5. The summed E-state index contributed by atoms with van der Waals surface area (Å²) in [7, 11) is 0. The molecule has 4 rings (SSSR count). The van der Waals surface area contributed by atoms with Crippen LogP contribution in [0.3, 0.4) is 0 Å². The minimum atomic E-state index is -1.01. The van der Waals surface area contributed by atoms with E-state index in [2.05, 4.69) is 0 Å². The number of carbonyl (C=O) groups excluding carboxylic acids is 1. The molecule has 3 fully saturated rings. The van der Waals surface area contributed by atoms with Gasteiger partial charge >= 0.3 is 5.97 Å². The van der Waals surface area contributed by atoms with Crippen LogP contribution in [-0.2, 0) is 9.59 Å². The van der Waals surface area contributed by atoms with Crippen LogP contribution in [0.2, 0.25) is 0 Å². The molecule has 1 N–H and O–H groups in total. The molecule has 1 aliphatic carbocycles. The Kier molecular flexibility index (Phi) is 4.27. The van der Waals surface area contributed by atoms with Crippen LogP contribution in [0, 0.1) is 5.92 Å². The Morgan fingerprint density at radius 2 is 1.82 bits per heavy atom. The molecule has 4 nitrogen and oxygen atoms in total. The van der Waals surface area contributed by atoms with E-state index in [1.54, 1.807) is 6.08 Å². The van der Waals surface area contributed by atoms with E-state index in [9.17, 15) is 14.7 Å². The predicted octanol–water partition coefficient (Wildman–Crippen LogP) is 2.95. The minimum absolute atomic E-state index is 0.0204. The Morgan fingerprint density at radius 1 is 1.14 bits per heavy atom. The normalized spacial score (nSPS) is 24.4. The highest BCUT2D eigenvalue weighted by molar-refractivity contribution is 5.98. The van der Waals surface area contributed by atoms with Gasteiger partial charge in [-0.3, -0.25) is 4.79 Å². The maximum absolute atomic E-state index is 12.5. The molecule has 4 heteroatoms. The topological polar surface area (TPSA) is 57.6 Å². The van der Waals surface area contributed by atoms with Crippen LogP contribution in [0.15, 0.2) is 35.9 Å². The lowest BCUT2D eigenvalue weighted by atomic mass is 9.80. The van der Waals surface area contributed by atoms with E-state index in [1.165, 1.54) is 12.8 Å². The van der Waals surface area contributed by atoms with Gasteiger partial charge in [-0.25, -0.2) is 4.79 Å². The van der Waals surface area contributed by atoms with Crippen LogP contribution in [0.1, 0.15) is 37.7 Å². The van der Waals surface area contributed by atoms with Crippen molar-refractivity contribution in [2.24, 2.45) is 5.92 Å². The van der Waals surface area contributed by atoms with Crippen molar-refractivity contribution in [3.8, 4) is 0 Å². The fourth-order valence-electron chi connectivity index (χ4n) is 3.58. The first-order chi connectivity index (χ1) is 10.6. The zero-order chi connectivity index (χ0) is 15.5. The molecule has 0 unspecified atom stereocenters. The van der Waals surface area contributed by atoms with Gasteiger partial charge in [0.15, 0.2) is 0 Å². The lowest BCUT2D eigenvalue weighted by Gasteiger charge is -2.45. The van der Waals surface area contributed by atoms with Gasteiger partial charge in [0.25, 0.3) is 0 Å². The van der Waals surface area contributed by atoms with Crippen LogP contribution in [0.25, 0.3) is 6.08 Å². The fraction of sp³-hybridized carbons (Fsp3) is 0.444. The van der Waals surface area contributed by atoms with E-state index >= 15 is 0 Å². The van der Waals surface area contributed by atoms with Crippen LogP contribution in [-0.4, -0.2) is 34.5 Å². The maximum Gasteiger partial charge on any atom is 0.332 e. The Labute approximate surface area is 130 Å². The number of hydrogen-bond donors (Lipinski definition) is 1. The Balaban J connectivity index is 1.73. The highest BCUT2D eigenvalue weighted by Crippen LogP contribution is 2.35. The summed E-state index contributed by atoms with van der Waals surface area (Å²) in [6, 6.07) is 9.61. The number of piperidine rings is 2. The van der Waals surface area contributed by atoms with Crippen molar-refractivity contribution in [3.05, 3.63) is 41.5 Å². The van der Waals surface area contributed by atoms with Gasteiger partial charge in [0.05, 0.1) is 6.42 Å². The van der Waals surface area contributed by atoms with Gasteiger partial charge in [-0.05, 0) is 43.2 Å². The summed E-state index contributed by atoms with van der Waals surface area (Å²) in [6.45, 7) is 0.807. The smallest absolute Gasteiger partial charge is 0.332 e. The number of carboxylic acid groups (broad SMARTS) is 1. The largest absolute Gasteiger partial charge is 0.478 e. The SMILES string of the molecule is O=C(O)/C(=C/c1ccccc1)CC(=O)N1CC2CCC1CC2. The lowest BCUT2D eigenvalue weighted by Crippen LogP contribution is -2.50. The number of aliphatic carboxylic acids is 1. The summed E-state index contributed by atoms with van der Waals surface area (Å²) >= 11 is 0. The van der Waals surface area contributed by atoms with Crippen molar-refractivity contribution in [2.45, 2.75) is 38.1 Å². The van der Waals surface area contributed by atoms with Gasteiger partial charge < -0.3 is 10.0 Å². The van der Waals surface area contributed by atoms with Crippen molar-refractivity contribution in [1.82, 2.24) is 4.90 Å². The summed E-state index contributed by atoms with van der Waals surface area (Å²) < 4.78 is 0. The number of rotatable bonds is 4. The number of amides is 1. The second-order valence-electron chi connectivity index (χ2n) is 6.28. The van der Waals surface area contributed by atoms with Crippen molar-refractivity contribution < 1.29 is 14.7 Å². The number of nitrogens with zero attached hydrogens (tertiary/aromatic N) is 1. The van der Waals surface area contributed by atoms with Crippen LogP contribution in [0.4, 0.5) is 0 Å². The molecule has 116 valence electrons. The molecule has 1 amide bonds. The standard InChI is InChI=1S/C18H21NO3/c20-17(19-12-14-6-8-16(19)9-7-14)11-15(18(21)22)10-13-4-2-1-3-5-13/h1-5,10,14,16H,6-9,11-12H2,(H,21,22)/b15-10+. The number of fused-ring (bicyclic) bond motifs is 3. The molecule has 22 heavy (non-hydrogen) atoms. The van der Waals surface area contributed by atoms with Gasteiger partial charge in [0.1, 0.15) is 0 Å². The molecule has 2 aliphatic heterocycles.